The van der Waals surface area contributed by atoms with Crippen molar-refractivity contribution in [3.05, 3.63) is 64.9 Å². The van der Waals surface area contributed by atoms with Crippen molar-refractivity contribution in [1.29, 1.82) is 0 Å². The van der Waals surface area contributed by atoms with E-state index in [1.807, 2.05) is 30.3 Å². The summed E-state index contributed by atoms with van der Waals surface area (Å²) < 4.78 is 0. The molecule has 16 heavy (non-hydrogen) atoms. The van der Waals surface area contributed by atoms with Crippen LogP contribution in [0.15, 0.2) is 48.7 Å². The van der Waals surface area contributed by atoms with Gasteiger partial charge in [0.15, 0.2) is 0 Å². The van der Waals surface area contributed by atoms with Crippen molar-refractivity contribution in [2.75, 3.05) is 0 Å². The van der Waals surface area contributed by atoms with E-state index in [2.05, 4.69) is 33.0 Å². The second-order valence-corrected chi connectivity index (χ2v) is 5.03. The van der Waals surface area contributed by atoms with E-state index in [9.17, 15) is 0 Å². The van der Waals surface area contributed by atoms with Crippen molar-refractivity contribution in [3.8, 4) is 0 Å². The number of pyridine rings is 1. The fourth-order valence-electron chi connectivity index (χ4n) is 1.52. The third-order valence-corrected chi connectivity index (χ3v) is 3.57. The van der Waals surface area contributed by atoms with Gasteiger partial charge in [0.25, 0.3) is 0 Å². The molecule has 2 aromatic rings. The molecular weight excluding hydrogens is 286 g/mol. The number of halogens is 2. The summed E-state index contributed by atoms with van der Waals surface area (Å²) in [5.41, 5.74) is 2.17. The molecule has 82 valence electrons. The highest BCUT2D eigenvalue weighted by Crippen LogP contribution is 2.28. The van der Waals surface area contributed by atoms with Crippen molar-refractivity contribution in [2.24, 2.45) is 0 Å². The number of hydrogen-bond donors (Lipinski definition) is 0. The smallest absolute Gasteiger partial charge is 0.0622 e. The van der Waals surface area contributed by atoms with E-state index in [-0.39, 0.29) is 4.83 Å². The number of alkyl halides is 1. The first kappa shape index (κ1) is 11.6. The zero-order valence-electron chi connectivity index (χ0n) is 8.61. The minimum atomic E-state index is 0.251. The van der Waals surface area contributed by atoms with Crippen LogP contribution < -0.4 is 0 Å². The van der Waals surface area contributed by atoms with Gasteiger partial charge in [-0.2, -0.15) is 0 Å². The molecule has 0 saturated heterocycles. The molecule has 1 atom stereocenters. The SMILES string of the molecule is Clc1cccnc1CC(Br)c1ccccc1. The molecule has 0 N–H and O–H groups in total. The first-order valence-electron chi connectivity index (χ1n) is 5.06. The maximum Gasteiger partial charge on any atom is 0.0622 e. The maximum atomic E-state index is 6.07. The van der Waals surface area contributed by atoms with Gasteiger partial charge >= 0.3 is 0 Å². The van der Waals surface area contributed by atoms with E-state index in [1.165, 1.54) is 5.56 Å². The summed E-state index contributed by atoms with van der Waals surface area (Å²) in [5, 5.41) is 0.725. The third kappa shape index (κ3) is 2.83. The number of hydrogen-bond acceptors (Lipinski definition) is 1. The van der Waals surface area contributed by atoms with Gasteiger partial charge in [-0.3, -0.25) is 4.98 Å². The minimum Gasteiger partial charge on any atom is -0.260 e. The second kappa shape index (κ2) is 5.46. The molecule has 1 unspecified atom stereocenters. The van der Waals surface area contributed by atoms with Gasteiger partial charge in [0.1, 0.15) is 0 Å². The first-order chi connectivity index (χ1) is 7.77. The number of nitrogens with zero attached hydrogens (tertiary/aromatic N) is 1. The van der Waals surface area contributed by atoms with Crippen LogP contribution in [0.1, 0.15) is 16.1 Å². The predicted octanol–water partition coefficient (Wildman–Crippen LogP) is 4.41. The largest absolute Gasteiger partial charge is 0.260 e. The van der Waals surface area contributed by atoms with Crippen molar-refractivity contribution in [3.63, 3.8) is 0 Å². The van der Waals surface area contributed by atoms with Crippen LogP contribution in [0.25, 0.3) is 0 Å². The van der Waals surface area contributed by atoms with Gasteiger partial charge in [-0.1, -0.05) is 57.9 Å². The number of rotatable bonds is 3. The number of aromatic nitrogens is 1. The van der Waals surface area contributed by atoms with Crippen LogP contribution in [0.4, 0.5) is 0 Å². The van der Waals surface area contributed by atoms with Crippen molar-refractivity contribution >= 4 is 27.5 Å². The second-order valence-electron chi connectivity index (χ2n) is 3.51. The van der Waals surface area contributed by atoms with Gasteiger partial charge in [-0.25, -0.2) is 0 Å². The van der Waals surface area contributed by atoms with Crippen LogP contribution in [-0.2, 0) is 6.42 Å². The standard InChI is InChI=1S/C13H11BrClN/c14-11(10-5-2-1-3-6-10)9-13-12(15)7-4-8-16-13/h1-8,11H,9H2. The van der Waals surface area contributed by atoms with E-state index in [1.54, 1.807) is 6.20 Å². The molecule has 1 aromatic carbocycles. The van der Waals surface area contributed by atoms with Gasteiger partial charge in [0.2, 0.25) is 0 Å². The zero-order chi connectivity index (χ0) is 11.4. The Labute approximate surface area is 109 Å². The van der Waals surface area contributed by atoms with E-state index >= 15 is 0 Å². The molecular formula is C13H11BrClN. The Balaban J connectivity index is 2.14. The molecule has 0 fully saturated rings. The molecule has 1 nitrogen and oxygen atoms in total. The Kier molecular flexibility index (Phi) is 3.97. The summed E-state index contributed by atoms with van der Waals surface area (Å²) in [7, 11) is 0. The van der Waals surface area contributed by atoms with Crippen LogP contribution in [0.5, 0.6) is 0 Å². The minimum absolute atomic E-state index is 0.251. The van der Waals surface area contributed by atoms with E-state index in [0.717, 1.165) is 17.1 Å². The van der Waals surface area contributed by atoms with Gasteiger partial charge in [-0.05, 0) is 17.7 Å². The molecule has 0 aliphatic carbocycles. The van der Waals surface area contributed by atoms with Crippen molar-refractivity contribution in [1.82, 2.24) is 4.98 Å². The molecule has 0 aliphatic heterocycles. The molecule has 0 amide bonds. The van der Waals surface area contributed by atoms with E-state index in [0.29, 0.717) is 0 Å². The molecule has 1 aromatic heterocycles. The Morgan fingerprint density at radius 3 is 2.56 bits per heavy atom. The number of benzene rings is 1. The summed E-state index contributed by atoms with van der Waals surface area (Å²) in [6.45, 7) is 0. The van der Waals surface area contributed by atoms with Gasteiger partial charge in [0, 0.05) is 17.4 Å². The molecule has 0 aliphatic rings. The Morgan fingerprint density at radius 1 is 1.12 bits per heavy atom. The van der Waals surface area contributed by atoms with Crippen molar-refractivity contribution in [2.45, 2.75) is 11.2 Å². The lowest BCUT2D eigenvalue weighted by Crippen LogP contribution is -1.98. The molecule has 2 rings (SSSR count). The summed E-state index contributed by atoms with van der Waals surface area (Å²) >= 11 is 9.73. The highest BCUT2D eigenvalue weighted by molar-refractivity contribution is 9.09. The Hall–Kier alpha value is -0.860. The zero-order valence-corrected chi connectivity index (χ0v) is 10.9. The summed E-state index contributed by atoms with van der Waals surface area (Å²) in [5.74, 6) is 0. The summed E-state index contributed by atoms with van der Waals surface area (Å²) in [6, 6.07) is 14.0. The molecule has 0 bridgehead atoms. The summed E-state index contributed by atoms with van der Waals surface area (Å²) in [4.78, 5) is 4.53. The quantitative estimate of drug-likeness (QED) is 0.764. The lowest BCUT2D eigenvalue weighted by Gasteiger charge is -2.10. The van der Waals surface area contributed by atoms with Crippen LogP contribution in [0, 0.1) is 0 Å². The highest BCUT2D eigenvalue weighted by Gasteiger charge is 2.10. The lowest BCUT2D eigenvalue weighted by molar-refractivity contribution is 0.905. The molecule has 0 spiro atoms. The van der Waals surface area contributed by atoms with E-state index in [4.69, 9.17) is 11.6 Å². The van der Waals surface area contributed by atoms with Gasteiger partial charge in [0.05, 0.1) is 10.7 Å². The van der Waals surface area contributed by atoms with Gasteiger partial charge in [-0.15, -0.1) is 0 Å². The monoisotopic (exact) mass is 295 g/mol. The summed E-state index contributed by atoms with van der Waals surface area (Å²) in [6.07, 6.45) is 2.57. The van der Waals surface area contributed by atoms with E-state index < -0.39 is 0 Å². The topological polar surface area (TPSA) is 12.9 Å². The fourth-order valence-corrected chi connectivity index (χ4v) is 2.33. The van der Waals surface area contributed by atoms with Crippen molar-refractivity contribution < 1.29 is 0 Å². The average molecular weight is 297 g/mol. The molecule has 0 radical (unpaired) electrons. The molecule has 3 heteroatoms. The van der Waals surface area contributed by atoms with Crippen LogP contribution in [-0.4, -0.2) is 4.98 Å². The normalized spacial score (nSPS) is 12.4. The van der Waals surface area contributed by atoms with Crippen LogP contribution in [0.3, 0.4) is 0 Å². The average Bonchev–Trinajstić information content (AvgIpc) is 2.33. The third-order valence-electron chi connectivity index (χ3n) is 2.37. The fraction of sp³-hybridized carbons (Fsp3) is 0.154. The van der Waals surface area contributed by atoms with Crippen LogP contribution >= 0.6 is 27.5 Å². The highest BCUT2D eigenvalue weighted by atomic mass is 79.9. The molecule has 1 heterocycles. The predicted molar refractivity (Wildman–Crippen MR) is 71.1 cm³/mol. The molecule has 0 saturated carbocycles. The maximum absolute atomic E-state index is 6.07. The lowest BCUT2D eigenvalue weighted by atomic mass is 10.1. The van der Waals surface area contributed by atoms with Gasteiger partial charge < -0.3 is 0 Å². The Bertz CT molecular complexity index is 458. The first-order valence-corrected chi connectivity index (χ1v) is 6.35. The Morgan fingerprint density at radius 2 is 1.88 bits per heavy atom. The van der Waals surface area contributed by atoms with Crippen LogP contribution in [0.2, 0.25) is 5.02 Å².